The molecule has 3 saturated heterocycles. The molecule has 2 amide bonds. The van der Waals surface area contributed by atoms with Crippen molar-refractivity contribution in [2.75, 3.05) is 6.54 Å². The molecule has 9 N–H and O–H groups in total. The Bertz CT molecular complexity index is 2040. The third-order valence-electron chi connectivity index (χ3n) is 18.5. The van der Waals surface area contributed by atoms with E-state index in [-0.39, 0.29) is 40.3 Å². The summed E-state index contributed by atoms with van der Waals surface area (Å²) in [7, 11) is 0. The number of carboxylic acid groups (broad SMARTS) is 4. The smallest absolute Gasteiger partial charge is 0.414 e. The number of rotatable bonds is 7. The van der Waals surface area contributed by atoms with Gasteiger partial charge in [0.2, 0.25) is 5.91 Å². The van der Waals surface area contributed by atoms with Crippen molar-refractivity contribution >= 4 is 35.7 Å². The molecular formula is C47H69NO19. The summed E-state index contributed by atoms with van der Waals surface area (Å²) in [4.78, 5) is 72.8. The molecule has 20 nitrogen and oxygen atoms in total. The van der Waals surface area contributed by atoms with Gasteiger partial charge in [-0.1, -0.05) is 47.1 Å². The van der Waals surface area contributed by atoms with Crippen LogP contribution < -0.4 is 0 Å². The van der Waals surface area contributed by atoms with Crippen LogP contribution in [0.2, 0.25) is 0 Å². The lowest BCUT2D eigenvalue weighted by atomic mass is 9.33. The van der Waals surface area contributed by atoms with Crippen molar-refractivity contribution in [1.29, 1.82) is 0 Å². The number of ketones is 1. The molecule has 4 saturated carbocycles. The molecule has 3 heterocycles. The number of allylic oxidation sites excluding steroid dienone is 2. The fraction of sp³-hybridized carbons (Fsp3) is 0.830. The molecule has 7 fully saturated rings. The molecule has 0 aromatic rings. The minimum Gasteiger partial charge on any atom is -0.481 e. The van der Waals surface area contributed by atoms with Gasteiger partial charge in [-0.15, -0.1) is 0 Å². The number of hydrogen-bond donors (Lipinski definition) is 9. The number of aliphatic hydroxyl groups is 5. The minimum absolute atomic E-state index is 0.0217. The highest BCUT2D eigenvalue weighted by molar-refractivity contribution is 5.96. The van der Waals surface area contributed by atoms with Crippen LogP contribution in [0.1, 0.15) is 119 Å². The van der Waals surface area contributed by atoms with E-state index in [2.05, 4.69) is 27.7 Å². The molecule has 0 aromatic carbocycles. The van der Waals surface area contributed by atoms with Gasteiger partial charge in [-0.05, 0) is 116 Å². The zero-order chi connectivity index (χ0) is 49.7. The third-order valence-corrected chi connectivity index (χ3v) is 18.5. The van der Waals surface area contributed by atoms with Gasteiger partial charge in [0.15, 0.2) is 30.6 Å². The highest BCUT2D eigenvalue weighted by Crippen LogP contribution is 2.75. The Morgan fingerprint density at radius 3 is 1.85 bits per heavy atom. The summed E-state index contributed by atoms with van der Waals surface area (Å²) in [6.45, 7) is 15.2. The van der Waals surface area contributed by atoms with E-state index >= 15 is 0 Å². The number of carbonyl (C=O) groups is 6. The molecule has 0 unspecified atom stereocenters. The first-order valence-corrected chi connectivity index (χ1v) is 23.5. The van der Waals surface area contributed by atoms with Crippen molar-refractivity contribution in [3.63, 3.8) is 0 Å². The summed E-state index contributed by atoms with van der Waals surface area (Å²) < 4.78 is 23.4. The maximum atomic E-state index is 14.8. The number of carboxylic acids is 3. The van der Waals surface area contributed by atoms with Gasteiger partial charge in [-0.25, -0.2) is 19.3 Å². The predicted octanol–water partition coefficient (Wildman–Crippen LogP) is 2.53. The predicted molar refractivity (Wildman–Crippen MR) is 228 cm³/mol. The topological polar surface area (TPSA) is 325 Å². The van der Waals surface area contributed by atoms with Crippen LogP contribution in [0, 0.1) is 50.2 Å². The summed E-state index contributed by atoms with van der Waals surface area (Å²) in [5, 5.41) is 91.3. The Morgan fingerprint density at radius 2 is 1.30 bits per heavy atom. The number of likely N-dealkylation sites (tertiary alicyclic amines) is 1. The van der Waals surface area contributed by atoms with Gasteiger partial charge in [0.1, 0.15) is 36.6 Å². The molecule has 0 spiro atoms. The standard InChI is InChI=1S/C42H62O16.C5H7NO3/c1-37(2)21-8-11-42(7)31(20(43)16-18-19-17-39(4,36(53)54)13-12-38(19,3)14-15-41(18,42)6)40(21,5)10-9-22(37)55-35-30(26(47)25(46)29(57-35)33(51)52)58-34-27(48)23(44)24(45)28(56-34)32(49)50;7-4-2-1-3-6(4)5(8)9/h16,19,21-31,34-35,44-48H,8-15,17H2,1-7H3,(H,49,50)(H,51,52)(H,53,54);1-3H2,(H,8,9)/t19-,21-,22-,23-,24-,25-,26-,27+,28-,29-,30+,31+,34-,35+,38+,39-,40-,41+,42+;/m0./s1. The molecular weight excluding hydrogens is 883 g/mol. The van der Waals surface area contributed by atoms with E-state index in [1.165, 1.54) is 0 Å². The van der Waals surface area contributed by atoms with Gasteiger partial charge >= 0.3 is 24.0 Å². The maximum Gasteiger partial charge on any atom is 0.414 e. The molecule has 8 aliphatic rings. The van der Waals surface area contributed by atoms with Crippen molar-refractivity contribution in [2.45, 2.75) is 187 Å². The first-order chi connectivity index (χ1) is 31.0. The Kier molecular flexibility index (Phi) is 13.5. The fourth-order valence-electron chi connectivity index (χ4n) is 14.2. The van der Waals surface area contributed by atoms with E-state index in [1.807, 2.05) is 26.8 Å². The maximum absolute atomic E-state index is 14.8. The number of aliphatic hydroxyl groups excluding tert-OH is 5. The number of hydrogen-bond acceptors (Lipinski definition) is 15. The number of fused-ring (bicyclic) bond motifs is 7. The number of nitrogens with zero attached hydrogens (tertiary/aromatic N) is 1. The van der Waals surface area contributed by atoms with Crippen LogP contribution >= 0.6 is 0 Å². The second-order valence-corrected chi connectivity index (χ2v) is 22.6. The second-order valence-electron chi connectivity index (χ2n) is 22.6. The molecule has 3 aliphatic heterocycles. The van der Waals surface area contributed by atoms with Crippen LogP contribution in [0.3, 0.4) is 0 Å². The lowest BCUT2D eigenvalue weighted by Gasteiger charge is -2.70. The first kappa shape index (κ1) is 51.3. The summed E-state index contributed by atoms with van der Waals surface area (Å²) in [6.07, 6.45) is -12.3. The minimum atomic E-state index is -2.05. The van der Waals surface area contributed by atoms with Crippen LogP contribution in [0.15, 0.2) is 11.6 Å². The summed E-state index contributed by atoms with van der Waals surface area (Å²) in [5.41, 5.74) is -1.81. The molecule has 376 valence electrons. The van der Waals surface area contributed by atoms with Gasteiger partial charge in [0.05, 0.1) is 11.5 Å². The normalized spacial score (nSPS) is 48.0. The van der Waals surface area contributed by atoms with Crippen molar-refractivity contribution < 1.29 is 93.7 Å². The molecule has 0 aromatic heterocycles. The van der Waals surface area contributed by atoms with Crippen LogP contribution in [-0.2, 0) is 42.9 Å². The van der Waals surface area contributed by atoms with E-state index in [0.29, 0.717) is 45.1 Å². The van der Waals surface area contributed by atoms with Crippen molar-refractivity contribution in [1.82, 2.24) is 4.90 Å². The fourth-order valence-corrected chi connectivity index (χ4v) is 14.2. The number of ether oxygens (including phenoxy) is 4. The van der Waals surface area contributed by atoms with Crippen molar-refractivity contribution in [3.8, 4) is 0 Å². The van der Waals surface area contributed by atoms with Crippen molar-refractivity contribution in [3.05, 3.63) is 11.6 Å². The molecule has 0 bridgehead atoms. The number of carbonyl (C=O) groups excluding carboxylic acids is 2. The molecule has 0 radical (unpaired) electrons. The SMILES string of the molecule is CC1(C)[C@@H](O[C@@H]2O[C@H](C(=O)O)[C@@H](O)[C@H](O)[C@H]2O[C@@H]2O[C@H](C(=O)O)[C@@H](O)[C@H](O)[C@H]2O)CC[C@]2(C)[C@H]3C(=O)C=C4[C@@H]5C[C@@](C)(C(=O)O)CC[C@]5(C)CC[C@@]4(C)[C@]3(C)CC[C@@H]12.O=C(O)N1CCCC1=O. The quantitative estimate of drug-likeness (QED) is 0.166. The molecule has 20 heteroatoms. The monoisotopic (exact) mass is 951 g/mol. The van der Waals surface area contributed by atoms with Crippen LogP contribution in [0.4, 0.5) is 4.79 Å². The number of aliphatic carboxylic acids is 3. The average Bonchev–Trinajstić information content (AvgIpc) is 3.68. The Balaban J connectivity index is 0.000000663. The molecule has 8 rings (SSSR count). The Hall–Kier alpha value is -3.60. The number of imide groups is 1. The highest BCUT2D eigenvalue weighted by atomic mass is 16.8. The summed E-state index contributed by atoms with van der Waals surface area (Å²) >= 11 is 0. The van der Waals surface area contributed by atoms with E-state index in [1.54, 1.807) is 0 Å². The number of amides is 2. The van der Waals surface area contributed by atoms with Gasteiger partial charge in [0.25, 0.3) is 0 Å². The zero-order valence-electron chi connectivity index (χ0n) is 39.2. The first-order valence-electron chi connectivity index (χ1n) is 23.5. The van der Waals surface area contributed by atoms with E-state index in [0.717, 1.165) is 42.6 Å². The van der Waals surface area contributed by atoms with Crippen LogP contribution in [-0.4, -0.2) is 161 Å². The highest BCUT2D eigenvalue weighted by Gasteiger charge is 2.71. The van der Waals surface area contributed by atoms with Gasteiger partial charge in [-0.3, -0.25) is 14.4 Å². The van der Waals surface area contributed by atoms with E-state index < -0.39 is 113 Å². The van der Waals surface area contributed by atoms with Gasteiger partial charge in [-0.2, -0.15) is 0 Å². The third kappa shape index (κ3) is 8.22. The van der Waals surface area contributed by atoms with Gasteiger partial charge < -0.3 is 64.9 Å². The van der Waals surface area contributed by atoms with E-state index in [9.17, 15) is 69.6 Å². The van der Waals surface area contributed by atoms with Gasteiger partial charge in [0, 0.05) is 18.9 Å². The lowest BCUT2D eigenvalue weighted by molar-refractivity contribution is -0.371. The lowest BCUT2D eigenvalue weighted by Crippen LogP contribution is -2.68. The van der Waals surface area contributed by atoms with Crippen molar-refractivity contribution in [2.24, 2.45) is 50.2 Å². The van der Waals surface area contributed by atoms with E-state index in [4.69, 9.17) is 24.1 Å². The van der Waals surface area contributed by atoms with Crippen LogP contribution in [0.5, 0.6) is 0 Å². The summed E-state index contributed by atoms with van der Waals surface area (Å²) in [5.74, 6) is -4.74. The second kappa shape index (κ2) is 17.7. The molecule has 19 atom stereocenters. The average molecular weight is 952 g/mol. The molecule has 5 aliphatic carbocycles. The van der Waals surface area contributed by atoms with Crippen LogP contribution in [0.25, 0.3) is 0 Å². The Morgan fingerprint density at radius 1 is 0.701 bits per heavy atom. The largest absolute Gasteiger partial charge is 0.481 e. The summed E-state index contributed by atoms with van der Waals surface area (Å²) in [6, 6.07) is 0. The molecule has 67 heavy (non-hydrogen) atoms. The Labute approximate surface area is 388 Å². The zero-order valence-corrected chi connectivity index (χ0v) is 39.2.